The molecule has 1 aromatic rings. The molecule has 4 heteroatoms. The Bertz CT molecular complexity index is 331. The van der Waals surface area contributed by atoms with Gasteiger partial charge in [-0.3, -0.25) is 0 Å². The second-order valence-electron chi connectivity index (χ2n) is 4.08. The van der Waals surface area contributed by atoms with Crippen LogP contribution < -0.4 is 0 Å². The average Bonchev–Trinajstić information content (AvgIpc) is 2.31. The first-order valence-electron chi connectivity index (χ1n) is 5.27. The van der Waals surface area contributed by atoms with Crippen molar-refractivity contribution in [1.82, 2.24) is 0 Å². The van der Waals surface area contributed by atoms with E-state index in [4.69, 9.17) is 21.1 Å². The van der Waals surface area contributed by atoms with Crippen LogP contribution in [-0.2, 0) is 9.47 Å². The van der Waals surface area contributed by atoms with Crippen molar-refractivity contribution in [3.8, 4) is 0 Å². The van der Waals surface area contributed by atoms with Crippen molar-refractivity contribution in [2.75, 3.05) is 13.2 Å². The molecule has 1 unspecified atom stereocenters. The zero-order valence-corrected chi connectivity index (χ0v) is 9.85. The molecule has 2 rings (SSSR count). The summed E-state index contributed by atoms with van der Waals surface area (Å²) < 4.78 is 11.1. The van der Waals surface area contributed by atoms with Crippen LogP contribution in [-0.4, -0.2) is 29.3 Å². The van der Waals surface area contributed by atoms with Gasteiger partial charge in [0.25, 0.3) is 0 Å². The van der Waals surface area contributed by atoms with Crippen LogP contribution in [0.25, 0.3) is 0 Å². The van der Waals surface area contributed by atoms with E-state index in [-0.39, 0.29) is 19.5 Å². The highest BCUT2D eigenvalue weighted by molar-refractivity contribution is 6.24. The Balaban J connectivity index is 2.01. The van der Waals surface area contributed by atoms with Gasteiger partial charge in [-0.05, 0) is 6.92 Å². The zero-order chi connectivity index (χ0) is 11.6. The lowest BCUT2D eigenvalue weighted by atomic mass is 10.0. The molecule has 88 valence electrons. The Morgan fingerprint density at radius 2 is 1.88 bits per heavy atom. The van der Waals surface area contributed by atoms with Crippen molar-refractivity contribution >= 4 is 11.6 Å². The zero-order valence-electron chi connectivity index (χ0n) is 9.10. The average molecular weight is 243 g/mol. The molecule has 0 amide bonds. The molecule has 0 radical (unpaired) electrons. The number of rotatable bonds is 2. The first-order valence-corrected chi connectivity index (χ1v) is 5.65. The highest BCUT2D eigenvalue weighted by Gasteiger charge is 2.39. The lowest BCUT2D eigenvalue weighted by molar-refractivity contribution is -0.209. The minimum absolute atomic E-state index is 0.284. The van der Waals surface area contributed by atoms with Crippen molar-refractivity contribution in [2.45, 2.75) is 24.2 Å². The van der Waals surface area contributed by atoms with Crippen molar-refractivity contribution in [2.24, 2.45) is 0 Å². The summed E-state index contributed by atoms with van der Waals surface area (Å²) in [6.07, 6.45) is -1.04. The largest absolute Gasteiger partial charge is 0.391 e. The van der Waals surface area contributed by atoms with Crippen molar-refractivity contribution in [1.29, 1.82) is 0 Å². The molecule has 1 saturated heterocycles. The van der Waals surface area contributed by atoms with E-state index in [0.717, 1.165) is 5.56 Å². The molecule has 0 bridgehead atoms. The van der Waals surface area contributed by atoms with Crippen molar-refractivity contribution in [3.05, 3.63) is 35.9 Å². The Hall–Kier alpha value is -0.610. The summed E-state index contributed by atoms with van der Waals surface area (Å²) in [6.45, 7) is 2.21. The number of alkyl halides is 1. The normalized spacial score (nSPS) is 32.3. The van der Waals surface area contributed by atoms with Crippen LogP contribution in [0.15, 0.2) is 30.3 Å². The third kappa shape index (κ3) is 2.38. The van der Waals surface area contributed by atoms with Gasteiger partial charge in [0.15, 0.2) is 6.29 Å². The topological polar surface area (TPSA) is 38.7 Å². The van der Waals surface area contributed by atoms with Crippen LogP contribution in [0.3, 0.4) is 0 Å². The molecule has 1 aromatic carbocycles. The molecule has 0 aromatic heterocycles. The smallest absolute Gasteiger partial charge is 0.183 e. The van der Waals surface area contributed by atoms with E-state index in [0.29, 0.717) is 0 Å². The predicted molar refractivity (Wildman–Crippen MR) is 61.4 cm³/mol. The molecule has 1 aliphatic heterocycles. The molecule has 1 aliphatic rings. The summed E-state index contributed by atoms with van der Waals surface area (Å²) in [7, 11) is 0. The van der Waals surface area contributed by atoms with Crippen molar-refractivity contribution in [3.63, 3.8) is 0 Å². The third-order valence-corrected chi connectivity index (χ3v) is 3.30. The number of hydrogen-bond acceptors (Lipinski definition) is 3. The first kappa shape index (κ1) is 11.9. The van der Waals surface area contributed by atoms with E-state index >= 15 is 0 Å². The van der Waals surface area contributed by atoms with Gasteiger partial charge < -0.3 is 14.6 Å². The fourth-order valence-electron chi connectivity index (χ4n) is 1.56. The van der Waals surface area contributed by atoms with Gasteiger partial charge >= 0.3 is 0 Å². The molecular formula is C12H15ClO3. The number of aliphatic hydroxyl groups is 1. The van der Waals surface area contributed by atoms with Gasteiger partial charge in [-0.15, -0.1) is 11.6 Å². The molecule has 0 saturated carbocycles. The SMILES string of the molecule is CC(O)C1(Cl)COC(c2ccccc2)OC1. The number of hydrogen-bond donors (Lipinski definition) is 1. The van der Waals surface area contributed by atoms with Gasteiger partial charge in [-0.1, -0.05) is 30.3 Å². The number of ether oxygens (including phenoxy) is 2. The van der Waals surface area contributed by atoms with E-state index < -0.39 is 11.0 Å². The monoisotopic (exact) mass is 242 g/mol. The van der Waals surface area contributed by atoms with Gasteiger partial charge in [0.2, 0.25) is 0 Å². The summed E-state index contributed by atoms with van der Waals surface area (Å²) in [5, 5.41) is 9.50. The summed E-state index contributed by atoms with van der Waals surface area (Å²) >= 11 is 6.16. The quantitative estimate of drug-likeness (QED) is 0.808. The van der Waals surface area contributed by atoms with Gasteiger partial charge in [0.1, 0.15) is 4.87 Å². The summed E-state index contributed by atoms with van der Waals surface area (Å²) in [6, 6.07) is 9.68. The predicted octanol–water partition coefficient (Wildman–Crippen LogP) is 2.09. The van der Waals surface area contributed by atoms with Crippen LogP contribution in [0.4, 0.5) is 0 Å². The highest BCUT2D eigenvalue weighted by Crippen LogP contribution is 2.32. The van der Waals surface area contributed by atoms with Crippen LogP contribution >= 0.6 is 11.6 Å². The standard InChI is InChI=1S/C12H15ClO3/c1-9(14)12(13)7-15-11(16-8-12)10-5-3-2-4-6-10/h2-6,9,11,14H,7-8H2,1H3. The van der Waals surface area contributed by atoms with E-state index in [1.54, 1.807) is 6.92 Å². The summed E-state index contributed by atoms with van der Waals surface area (Å²) in [5.41, 5.74) is 0.965. The lowest BCUT2D eigenvalue weighted by Gasteiger charge is -2.37. The number of benzene rings is 1. The number of halogens is 1. The van der Waals surface area contributed by atoms with E-state index in [2.05, 4.69) is 0 Å². The summed E-state index contributed by atoms with van der Waals surface area (Å²) in [4.78, 5) is -0.828. The molecule has 16 heavy (non-hydrogen) atoms. The fraction of sp³-hybridized carbons (Fsp3) is 0.500. The van der Waals surface area contributed by atoms with Gasteiger partial charge in [-0.2, -0.15) is 0 Å². The Morgan fingerprint density at radius 1 is 1.31 bits per heavy atom. The van der Waals surface area contributed by atoms with Crippen LogP contribution in [0.5, 0.6) is 0 Å². The first-order chi connectivity index (χ1) is 7.62. The molecule has 1 heterocycles. The Morgan fingerprint density at radius 3 is 2.38 bits per heavy atom. The minimum Gasteiger partial charge on any atom is -0.391 e. The molecule has 0 aliphatic carbocycles. The van der Waals surface area contributed by atoms with Gasteiger partial charge in [-0.25, -0.2) is 0 Å². The molecule has 3 nitrogen and oxygen atoms in total. The minimum atomic E-state index is -0.828. The van der Waals surface area contributed by atoms with Crippen LogP contribution in [0, 0.1) is 0 Å². The second kappa shape index (κ2) is 4.72. The second-order valence-corrected chi connectivity index (χ2v) is 4.83. The molecule has 1 N–H and O–H groups in total. The maximum absolute atomic E-state index is 9.50. The molecule has 1 atom stereocenters. The maximum Gasteiger partial charge on any atom is 0.183 e. The summed E-state index contributed by atoms with van der Waals surface area (Å²) in [5.74, 6) is 0. The van der Waals surface area contributed by atoms with Crippen LogP contribution in [0.2, 0.25) is 0 Å². The fourth-order valence-corrected chi connectivity index (χ4v) is 1.69. The maximum atomic E-state index is 9.50. The van der Waals surface area contributed by atoms with E-state index in [9.17, 15) is 5.11 Å². The molecular weight excluding hydrogens is 228 g/mol. The van der Waals surface area contributed by atoms with Crippen molar-refractivity contribution < 1.29 is 14.6 Å². The highest BCUT2D eigenvalue weighted by atomic mass is 35.5. The Labute approximate surface area is 99.9 Å². The number of aliphatic hydroxyl groups excluding tert-OH is 1. The lowest BCUT2D eigenvalue weighted by Crippen LogP contribution is -2.48. The van der Waals surface area contributed by atoms with Gasteiger partial charge in [0, 0.05) is 5.56 Å². The third-order valence-electron chi connectivity index (χ3n) is 2.77. The molecule has 1 fully saturated rings. The van der Waals surface area contributed by atoms with Crippen LogP contribution in [0.1, 0.15) is 18.8 Å². The molecule has 0 spiro atoms. The van der Waals surface area contributed by atoms with E-state index in [1.165, 1.54) is 0 Å². The Kier molecular flexibility index (Phi) is 3.50. The van der Waals surface area contributed by atoms with E-state index in [1.807, 2.05) is 30.3 Å². The van der Waals surface area contributed by atoms with Gasteiger partial charge in [0.05, 0.1) is 19.3 Å².